The van der Waals surface area contributed by atoms with Gasteiger partial charge in [0.2, 0.25) is 0 Å². The number of nitrogens with zero attached hydrogens (tertiary/aromatic N) is 3. The maximum Gasteiger partial charge on any atom is 0.199 e. The fraction of sp³-hybridized carbons (Fsp3) is 0.125. The maximum absolute atomic E-state index is 12.3. The Hall–Kier alpha value is -2.47. The van der Waals surface area contributed by atoms with Gasteiger partial charge in [0, 0.05) is 11.1 Å². The Balaban J connectivity index is 2.02. The van der Waals surface area contributed by atoms with E-state index in [1.807, 2.05) is 37.3 Å². The van der Waals surface area contributed by atoms with Gasteiger partial charge in [-0.05, 0) is 19.1 Å². The topological polar surface area (TPSA) is 64.8 Å². The molecule has 4 rings (SSSR count). The molecule has 0 N–H and O–H groups in total. The van der Waals surface area contributed by atoms with Crippen molar-refractivity contribution in [3.63, 3.8) is 0 Å². The Bertz CT molecular complexity index is 990. The fourth-order valence-corrected chi connectivity index (χ4v) is 4.25. The van der Waals surface area contributed by atoms with Crippen molar-refractivity contribution in [2.75, 3.05) is 0 Å². The summed E-state index contributed by atoms with van der Waals surface area (Å²) in [6, 6.07) is 15.0. The minimum Gasteiger partial charge on any atom is -0.228 e. The number of sulfone groups is 1. The Morgan fingerprint density at radius 2 is 1.91 bits per heavy atom. The first kappa shape index (κ1) is 13.2. The van der Waals surface area contributed by atoms with Crippen LogP contribution in [0.5, 0.6) is 0 Å². The molecule has 0 amide bonds. The Labute approximate surface area is 128 Å². The van der Waals surface area contributed by atoms with E-state index in [4.69, 9.17) is 0 Å². The highest BCUT2D eigenvalue weighted by molar-refractivity contribution is 7.90. The lowest BCUT2D eigenvalue weighted by Crippen LogP contribution is -2.19. The summed E-state index contributed by atoms with van der Waals surface area (Å²) in [5, 5.41) is 8.27. The van der Waals surface area contributed by atoms with Crippen LogP contribution in [-0.2, 0) is 15.7 Å². The predicted molar refractivity (Wildman–Crippen MR) is 82.8 cm³/mol. The third kappa shape index (κ3) is 1.88. The molecule has 5 nitrogen and oxygen atoms in total. The normalized spacial score (nSPS) is 15.1. The molecule has 0 bridgehead atoms. The van der Waals surface area contributed by atoms with E-state index < -0.39 is 9.84 Å². The van der Waals surface area contributed by atoms with Gasteiger partial charge in [-0.3, -0.25) is 0 Å². The lowest BCUT2D eigenvalue weighted by Gasteiger charge is -2.18. The van der Waals surface area contributed by atoms with Crippen molar-refractivity contribution in [2.45, 2.75) is 17.7 Å². The smallest absolute Gasteiger partial charge is 0.199 e. The van der Waals surface area contributed by atoms with Gasteiger partial charge in [-0.2, -0.15) is 0 Å². The number of aromatic nitrogens is 3. The third-order valence-electron chi connectivity index (χ3n) is 3.80. The first-order valence-corrected chi connectivity index (χ1v) is 8.54. The summed E-state index contributed by atoms with van der Waals surface area (Å²) in [4.78, 5) is 0.346. The number of fused-ring (bicyclic) bond motifs is 3. The number of hydrogen-bond acceptors (Lipinski definition) is 4. The van der Waals surface area contributed by atoms with Crippen LogP contribution in [0.2, 0.25) is 0 Å². The molecule has 22 heavy (non-hydrogen) atoms. The first-order chi connectivity index (χ1) is 10.6. The highest BCUT2D eigenvalue weighted by Crippen LogP contribution is 2.38. The molecule has 2 heterocycles. The summed E-state index contributed by atoms with van der Waals surface area (Å²) in [5.41, 5.74) is 4.20. The second-order valence-corrected chi connectivity index (χ2v) is 7.32. The van der Waals surface area contributed by atoms with E-state index in [2.05, 4.69) is 10.3 Å². The van der Waals surface area contributed by atoms with Crippen LogP contribution < -0.4 is 0 Å². The molecule has 6 heteroatoms. The summed E-state index contributed by atoms with van der Waals surface area (Å²) in [7, 11) is -3.37. The van der Waals surface area contributed by atoms with E-state index in [1.165, 1.54) is 4.68 Å². The molecular formula is C16H13N3O2S. The molecule has 1 aromatic heterocycles. The first-order valence-electron chi connectivity index (χ1n) is 6.89. The molecule has 110 valence electrons. The third-order valence-corrected chi connectivity index (χ3v) is 5.41. The SMILES string of the molecule is Cc1cccc(-c2nnn3c2-c2ccccc2S(=O)(=O)C3)c1. The lowest BCUT2D eigenvalue weighted by atomic mass is 10.0. The molecule has 3 aromatic rings. The van der Waals surface area contributed by atoms with E-state index in [1.54, 1.807) is 18.2 Å². The van der Waals surface area contributed by atoms with Gasteiger partial charge in [-0.1, -0.05) is 47.2 Å². The molecule has 0 radical (unpaired) electrons. The quantitative estimate of drug-likeness (QED) is 0.693. The molecule has 0 fully saturated rings. The summed E-state index contributed by atoms with van der Waals surface area (Å²) >= 11 is 0. The van der Waals surface area contributed by atoms with Crippen LogP contribution in [0.4, 0.5) is 0 Å². The van der Waals surface area contributed by atoms with E-state index >= 15 is 0 Å². The second-order valence-electron chi connectivity index (χ2n) is 5.40. The van der Waals surface area contributed by atoms with Crippen LogP contribution in [0.15, 0.2) is 53.4 Å². The fourth-order valence-electron chi connectivity index (χ4n) is 2.82. The molecular weight excluding hydrogens is 298 g/mol. The molecule has 0 spiro atoms. The van der Waals surface area contributed by atoms with Crippen LogP contribution in [0.25, 0.3) is 22.5 Å². The average Bonchev–Trinajstić information content (AvgIpc) is 2.90. The van der Waals surface area contributed by atoms with Gasteiger partial charge in [0.15, 0.2) is 9.84 Å². The van der Waals surface area contributed by atoms with Crippen molar-refractivity contribution in [1.29, 1.82) is 0 Å². The van der Waals surface area contributed by atoms with Crippen LogP contribution in [0.3, 0.4) is 0 Å². The largest absolute Gasteiger partial charge is 0.228 e. The van der Waals surface area contributed by atoms with Crippen molar-refractivity contribution in [1.82, 2.24) is 15.0 Å². The predicted octanol–water partition coefficient (Wildman–Crippen LogP) is 2.67. The maximum atomic E-state index is 12.3. The second kappa shape index (κ2) is 4.51. The monoisotopic (exact) mass is 311 g/mol. The minimum absolute atomic E-state index is 0.168. The lowest BCUT2D eigenvalue weighted by molar-refractivity contribution is 0.568. The van der Waals surface area contributed by atoms with Gasteiger partial charge in [0.25, 0.3) is 0 Å². The number of benzene rings is 2. The molecule has 1 aliphatic rings. The average molecular weight is 311 g/mol. The van der Waals surface area contributed by atoms with Gasteiger partial charge >= 0.3 is 0 Å². The van der Waals surface area contributed by atoms with Crippen molar-refractivity contribution in [3.8, 4) is 22.5 Å². The molecule has 0 unspecified atom stereocenters. The van der Waals surface area contributed by atoms with Crippen molar-refractivity contribution in [2.24, 2.45) is 0 Å². The van der Waals surface area contributed by atoms with Gasteiger partial charge < -0.3 is 0 Å². The van der Waals surface area contributed by atoms with Gasteiger partial charge in [0.05, 0.1) is 10.6 Å². The zero-order valence-electron chi connectivity index (χ0n) is 11.9. The molecule has 1 aliphatic heterocycles. The molecule has 0 atom stereocenters. The van der Waals surface area contributed by atoms with Crippen molar-refractivity contribution in [3.05, 3.63) is 54.1 Å². The summed E-state index contributed by atoms with van der Waals surface area (Å²) < 4.78 is 26.2. The van der Waals surface area contributed by atoms with Crippen LogP contribution >= 0.6 is 0 Å². The Morgan fingerprint density at radius 1 is 1.09 bits per heavy atom. The zero-order valence-corrected chi connectivity index (χ0v) is 12.7. The van der Waals surface area contributed by atoms with Crippen LogP contribution in [-0.4, -0.2) is 23.4 Å². The number of aryl methyl sites for hydroxylation is 1. The van der Waals surface area contributed by atoms with E-state index in [0.717, 1.165) is 16.8 Å². The summed E-state index contributed by atoms with van der Waals surface area (Å²) in [5.74, 6) is -0.168. The summed E-state index contributed by atoms with van der Waals surface area (Å²) in [6.07, 6.45) is 0. The van der Waals surface area contributed by atoms with Crippen molar-refractivity contribution >= 4 is 9.84 Å². The Morgan fingerprint density at radius 3 is 2.73 bits per heavy atom. The van der Waals surface area contributed by atoms with Gasteiger partial charge in [-0.15, -0.1) is 5.10 Å². The highest BCUT2D eigenvalue weighted by atomic mass is 32.2. The summed E-state index contributed by atoms with van der Waals surface area (Å²) in [6.45, 7) is 2.01. The Kier molecular flexibility index (Phi) is 2.71. The van der Waals surface area contributed by atoms with Crippen LogP contribution in [0, 0.1) is 6.92 Å². The van der Waals surface area contributed by atoms with Gasteiger partial charge in [-0.25, -0.2) is 13.1 Å². The molecule has 0 aliphatic carbocycles. The van der Waals surface area contributed by atoms with Crippen LogP contribution in [0.1, 0.15) is 5.56 Å². The minimum atomic E-state index is -3.37. The van der Waals surface area contributed by atoms with E-state index in [0.29, 0.717) is 16.2 Å². The zero-order chi connectivity index (χ0) is 15.3. The van der Waals surface area contributed by atoms with E-state index in [-0.39, 0.29) is 5.88 Å². The molecule has 0 saturated carbocycles. The number of rotatable bonds is 1. The van der Waals surface area contributed by atoms with E-state index in [9.17, 15) is 8.42 Å². The molecule has 0 saturated heterocycles. The highest BCUT2D eigenvalue weighted by Gasteiger charge is 2.31. The standard InChI is InChI=1S/C16H13N3O2S/c1-11-5-4-6-12(9-11)15-16-13-7-2-3-8-14(13)22(20,21)10-19(16)18-17-15/h2-9H,10H2,1H3. The number of hydrogen-bond donors (Lipinski definition) is 0. The molecule has 2 aromatic carbocycles. The van der Waals surface area contributed by atoms with Crippen molar-refractivity contribution < 1.29 is 8.42 Å². The van der Waals surface area contributed by atoms with Gasteiger partial charge in [0.1, 0.15) is 11.6 Å².